The average Bonchev–Trinajstić information content (AvgIpc) is 3.18. The first-order valence-corrected chi connectivity index (χ1v) is 9.08. The minimum Gasteiger partial charge on any atom is -0.363 e. The first kappa shape index (κ1) is 18.5. The molecule has 3 rings (SSSR count). The highest BCUT2D eigenvalue weighted by atomic mass is 32.1. The molecule has 136 valence electrons. The Morgan fingerprint density at radius 1 is 1.00 bits per heavy atom. The maximum Gasteiger partial charge on any atom is 0.287 e. The number of benzene rings is 2. The zero-order valence-electron chi connectivity index (χ0n) is 14.3. The number of primary amides is 1. The largest absolute Gasteiger partial charge is 0.363 e. The maximum absolute atomic E-state index is 12.8. The van der Waals surface area contributed by atoms with Crippen LogP contribution in [0.15, 0.2) is 66.0 Å². The Morgan fingerprint density at radius 2 is 1.63 bits per heavy atom. The molecule has 0 unspecified atom stereocenters. The Kier molecular flexibility index (Phi) is 5.73. The Balaban J connectivity index is 1.84. The first-order valence-electron chi connectivity index (χ1n) is 8.24. The quantitative estimate of drug-likeness (QED) is 0.614. The first-order chi connectivity index (χ1) is 13.1. The summed E-state index contributed by atoms with van der Waals surface area (Å²) in [6, 6.07) is 17.3. The van der Waals surface area contributed by atoms with Gasteiger partial charge in [-0.3, -0.25) is 14.4 Å². The molecule has 27 heavy (non-hydrogen) atoms. The van der Waals surface area contributed by atoms with Crippen molar-refractivity contribution < 1.29 is 14.4 Å². The van der Waals surface area contributed by atoms with Gasteiger partial charge >= 0.3 is 0 Å². The average molecular weight is 379 g/mol. The van der Waals surface area contributed by atoms with E-state index in [1.54, 1.807) is 5.38 Å². The van der Waals surface area contributed by atoms with E-state index in [9.17, 15) is 14.4 Å². The number of nitrogens with zero attached hydrogens (tertiary/aromatic N) is 1. The fourth-order valence-corrected chi connectivity index (χ4v) is 3.35. The van der Waals surface area contributed by atoms with Crippen LogP contribution in [-0.2, 0) is 16.0 Å². The summed E-state index contributed by atoms with van der Waals surface area (Å²) in [5, 5.41) is 4.25. The molecule has 1 aromatic heterocycles. The summed E-state index contributed by atoms with van der Waals surface area (Å²) >= 11 is 1.15. The van der Waals surface area contributed by atoms with Crippen molar-refractivity contribution in [3.8, 4) is 11.3 Å². The van der Waals surface area contributed by atoms with Gasteiger partial charge in [0.15, 0.2) is 0 Å². The summed E-state index contributed by atoms with van der Waals surface area (Å²) in [5.41, 5.74) is 7.64. The number of hydrogen-bond donors (Lipinski definition) is 2. The fraction of sp³-hybridized carbons (Fsp3) is 0.100. The van der Waals surface area contributed by atoms with Crippen LogP contribution in [-0.4, -0.2) is 28.0 Å². The van der Waals surface area contributed by atoms with Crippen molar-refractivity contribution in [3.05, 3.63) is 77.2 Å². The molecule has 0 bridgehead atoms. The van der Waals surface area contributed by atoms with Gasteiger partial charge in [0.1, 0.15) is 6.04 Å². The third kappa shape index (κ3) is 4.45. The lowest BCUT2D eigenvalue weighted by Gasteiger charge is -2.16. The molecule has 2 aromatic carbocycles. The molecule has 0 aliphatic heterocycles. The molecule has 0 radical (unpaired) electrons. The predicted octanol–water partition coefficient (Wildman–Crippen LogP) is 2.21. The van der Waals surface area contributed by atoms with E-state index < -0.39 is 23.6 Å². The number of nitrogens with one attached hydrogen (secondary N) is 1. The Morgan fingerprint density at radius 3 is 2.26 bits per heavy atom. The van der Waals surface area contributed by atoms with Crippen LogP contribution in [0, 0.1) is 0 Å². The van der Waals surface area contributed by atoms with Crippen LogP contribution >= 0.6 is 11.5 Å². The summed E-state index contributed by atoms with van der Waals surface area (Å²) < 4.78 is 4.28. The van der Waals surface area contributed by atoms with Crippen molar-refractivity contribution in [2.45, 2.75) is 12.5 Å². The predicted molar refractivity (Wildman–Crippen MR) is 103 cm³/mol. The monoisotopic (exact) mass is 379 g/mol. The number of carbonyl (C=O) groups excluding carboxylic acids is 3. The third-order valence-electron chi connectivity index (χ3n) is 4.01. The maximum atomic E-state index is 12.8. The highest BCUT2D eigenvalue weighted by molar-refractivity contribution is 7.04. The smallest absolute Gasteiger partial charge is 0.287 e. The van der Waals surface area contributed by atoms with Crippen LogP contribution in [0.1, 0.15) is 15.9 Å². The number of ketones is 1. The van der Waals surface area contributed by atoms with Crippen molar-refractivity contribution in [2.24, 2.45) is 5.73 Å². The fourth-order valence-electron chi connectivity index (χ4n) is 2.67. The van der Waals surface area contributed by atoms with Gasteiger partial charge < -0.3 is 11.1 Å². The molecule has 0 fully saturated rings. The van der Waals surface area contributed by atoms with Crippen molar-refractivity contribution in [3.63, 3.8) is 0 Å². The minimum absolute atomic E-state index is 0.173. The number of rotatable bonds is 7. The van der Waals surface area contributed by atoms with Gasteiger partial charge in [-0.05, 0) is 17.1 Å². The summed E-state index contributed by atoms with van der Waals surface area (Å²) in [6.07, 6.45) is 0.173. The normalized spacial score (nSPS) is 11.6. The topological polar surface area (TPSA) is 102 Å². The highest BCUT2D eigenvalue weighted by Crippen LogP contribution is 2.24. The lowest BCUT2D eigenvalue weighted by molar-refractivity contribution is -0.137. The van der Waals surface area contributed by atoms with Crippen molar-refractivity contribution in [2.75, 3.05) is 0 Å². The van der Waals surface area contributed by atoms with Gasteiger partial charge in [0.2, 0.25) is 5.78 Å². The van der Waals surface area contributed by atoms with Gasteiger partial charge in [-0.2, -0.15) is 4.37 Å². The second kappa shape index (κ2) is 8.37. The van der Waals surface area contributed by atoms with E-state index >= 15 is 0 Å². The van der Waals surface area contributed by atoms with E-state index in [-0.39, 0.29) is 6.42 Å². The molecule has 7 heteroatoms. The van der Waals surface area contributed by atoms with E-state index in [1.165, 1.54) is 0 Å². The molecule has 0 saturated heterocycles. The van der Waals surface area contributed by atoms with Crippen LogP contribution < -0.4 is 11.1 Å². The number of Topliss-reactive ketones (excluding diaryl/α,β-unsaturated/α-hetero) is 1. The molecular weight excluding hydrogens is 362 g/mol. The van der Waals surface area contributed by atoms with Gasteiger partial charge in [0.05, 0.1) is 11.3 Å². The zero-order chi connectivity index (χ0) is 19.2. The number of aromatic nitrogens is 1. The third-order valence-corrected chi connectivity index (χ3v) is 4.64. The van der Waals surface area contributed by atoms with Crippen LogP contribution in [0.3, 0.4) is 0 Å². The summed E-state index contributed by atoms with van der Waals surface area (Å²) in [6.45, 7) is 0. The Hall–Kier alpha value is -3.32. The summed E-state index contributed by atoms with van der Waals surface area (Å²) in [7, 11) is 0. The van der Waals surface area contributed by atoms with Gasteiger partial charge in [0.25, 0.3) is 11.8 Å². The molecule has 6 nitrogen and oxygen atoms in total. The minimum atomic E-state index is -1.08. The van der Waals surface area contributed by atoms with E-state index in [2.05, 4.69) is 9.69 Å². The molecule has 0 saturated carbocycles. The summed E-state index contributed by atoms with van der Waals surface area (Å²) in [4.78, 5) is 36.4. The second-order valence-electron chi connectivity index (χ2n) is 5.89. The molecule has 2 amide bonds. The van der Waals surface area contributed by atoms with Crippen molar-refractivity contribution >= 4 is 29.1 Å². The van der Waals surface area contributed by atoms with Gasteiger partial charge in [-0.1, -0.05) is 60.7 Å². The molecule has 1 atom stereocenters. The van der Waals surface area contributed by atoms with E-state index in [0.717, 1.165) is 22.7 Å². The van der Waals surface area contributed by atoms with Gasteiger partial charge in [-0.15, -0.1) is 0 Å². The molecule has 3 aromatic rings. The van der Waals surface area contributed by atoms with Crippen molar-refractivity contribution in [1.82, 2.24) is 9.69 Å². The SMILES string of the molecule is NC(=O)C(=O)[C@H](Cc1ccccc1)NC(=O)c1csnc1-c1ccccc1. The molecule has 3 N–H and O–H groups in total. The van der Waals surface area contributed by atoms with E-state index in [4.69, 9.17) is 5.73 Å². The number of amides is 2. The number of carbonyl (C=O) groups is 3. The van der Waals surface area contributed by atoms with Crippen LogP contribution in [0.5, 0.6) is 0 Å². The molecule has 0 spiro atoms. The standard InChI is InChI=1S/C20H17N3O3S/c21-19(25)18(24)16(11-13-7-3-1-4-8-13)22-20(26)15-12-27-23-17(15)14-9-5-2-6-10-14/h1-10,12,16H,11H2,(H2,21,25)(H,22,26)/t16-/m0/s1. The lowest BCUT2D eigenvalue weighted by atomic mass is 10.0. The van der Waals surface area contributed by atoms with Crippen LogP contribution in [0.2, 0.25) is 0 Å². The zero-order valence-corrected chi connectivity index (χ0v) is 15.1. The Bertz CT molecular complexity index is 955. The molecular formula is C20H17N3O3S. The van der Waals surface area contributed by atoms with Gasteiger partial charge in [0, 0.05) is 17.4 Å². The van der Waals surface area contributed by atoms with E-state index in [0.29, 0.717) is 11.3 Å². The summed E-state index contributed by atoms with van der Waals surface area (Å²) in [5.74, 6) is -2.39. The van der Waals surface area contributed by atoms with E-state index in [1.807, 2.05) is 60.7 Å². The van der Waals surface area contributed by atoms with Crippen molar-refractivity contribution in [1.29, 1.82) is 0 Å². The number of nitrogens with two attached hydrogens (primary N) is 1. The molecule has 0 aliphatic rings. The van der Waals surface area contributed by atoms with Crippen LogP contribution in [0.25, 0.3) is 11.3 Å². The number of hydrogen-bond acceptors (Lipinski definition) is 5. The molecule has 0 aliphatic carbocycles. The Labute approximate surface area is 160 Å². The molecule has 1 heterocycles. The lowest BCUT2D eigenvalue weighted by Crippen LogP contribution is -2.47. The van der Waals surface area contributed by atoms with Gasteiger partial charge in [-0.25, -0.2) is 0 Å². The van der Waals surface area contributed by atoms with Crippen LogP contribution in [0.4, 0.5) is 0 Å². The highest BCUT2D eigenvalue weighted by Gasteiger charge is 2.27. The second-order valence-corrected chi connectivity index (χ2v) is 6.52.